The minimum atomic E-state index is -0.270. The summed E-state index contributed by atoms with van der Waals surface area (Å²) in [5.41, 5.74) is 7.88. The molecule has 94 valence electrons. The van der Waals surface area contributed by atoms with Gasteiger partial charge in [0, 0.05) is 30.3 Å². The highest BCUT2D eigenvalue weighted by Gasteiger charge is 2.25. The van der Waals surface area contributed by atoms with Gasteiger partial charge in [0.15, 0.2) is 0 Å². The summed E-state index contributed by atoms with van der Waals surface area (Å²) >= 11 is 6.03. The predicted octanol–water partition coefficient (Wildman–Crippen LogP) is 2.01. The molecule has 1 fully saturated rings. The van der Waals surface area contributed by atoms with Gasteiger partial charge in [-0.25, -0.2) is 0 Å². The molecule has 1 saturated heterocycles. The molecule has 0 amide bonds. The monoisotopic (exact) mass is 254 g/mol. The van der Waals surface area contributed by atoms with Gasteiger partial charge in [0.05, 0.1) is 6.10 Å². The third-order valence-electron chi connectivity index (χ3n) is 3.53. The molecule has 3 N–H and O–H groups in total. The zero-order chi connectivity index (χ0) is 12.4. The number of hydrogen-bond donors (Lipinski definition) is 2. The molecule has 2 unspecified atom stereocenters. The Morgan fingerprint density at radius 1 is 1.53 bits per heavy atom. The van der Waals surface area contributed by atoms with E-state index in [2.05, 4.69) is 11.8 Å². The minimum Gasteiger partial charge on any atom is -0.391 e. The summed E-state index contributed by atoms with van der Waals surface area (Å²) in [5.74, 6) is 0.367. The first-order valence-electron chi connectivity index (χ1n) is 6.03. The van der Waals surface area contributed by atoms with Crippen LogP contribution in [0.2, 0.25) is 5.02 Å². The summed E-state index contributed by atoms with van der Waals surface area (Å²) in [6.07, 6.45) is 0.728. The average Bonchev–Trinajstić information content (AvgIpc) is 2.32. The normalized spacial score (nSPS) is 25.1. The minimum absolute atomic E-state index is 0.270. The third-order valence-corrected chi connectivity index (χ3v) is 3.76. The SMILES string of the molecule is CC1CCN(c2cc(Cl)ccc2CN)CC1O. The Morgan fingerprint density at radius 2 is 2.29 bits per heavy atom. The van der Waals surface area contributed by atoms with Gasteiger partial charge in [-0.15, -0.1) is 0 Å². The van der Waals surface area contributed by atoms with Gasteiger partial charge in [0.2, 0.25) is 0 Å². The van der Waals surface area contributed by atoms with Crippen molar-refractivity contribution in [2.24, 2.45) is 11.7 Å². The number of rotatable bonds is 2. The van der Waals surface area contributed by atoms with Crippen molar-refractivity contribution in [2.45, 2.75) is 26.0 Å². The Hall–Kier alpha value is -0.770. The van der Waals surface area contributed by atoms with Gasteiger partial charge >= 0.3 is 0 Å². The summed E-state index contributed by atoms with van der Waals surface area (Å²) in [5, 5.41) is 10.6. The summed E-state index contributed by atoms with van der Waals surface area (Å²) in [6.45, 7) is 4.19. The van der Waals surface area contributed by atoms with Crippen LogP contribution in [-0.2, 0) is 6.54 Å². The number of anilines is 1. The van der Waals surface area contributed by atoms with Crippen LogP contribution in [-0.4, -0.2) is 24.3 Å². The summed E-state index contributed by atoms with van der Waals surface area (Å²) < 4.78 is 0. The Morgan fingerprint density at radius 3 is 2.94 bits per heavy atom. The molecule has 0 bridgehead atoms. The van der Waals surface area contributed by atoms with Gasteiger partial charge in [-0.05, 0) is 30.0 Å². The number of nitrogens with two attached hydrogens (primary N) is 1. The second-order valence-corrected chi connectivity index (χ2v) is 5.19. The molecule has 4 heteroatoms. The van der Waals surface area contributed by atoms with Crippen molar-refractivity contribution < 1.29 is 5.11 Å². The highest BCUT2D eigenvalue weighted by atomic mass is 35.5. The first-order chi connectivity index (χ1) is 8.11. The number of nitrogens with zero attached hydrogens (tertiary/aromatic N) is 1. The number of aliphatic hydroxyl groups is 1. The molecule has 0 aliphatic carbocycles. The molecular weight excluding hydrogens is 236 g/mol. The maximum absolute atomic E-state index is 9.94. The van der Waals surface area contributed by atoms with Crippen molar-refractivity contribution in [1.29, 1.82) is 0 Å². The molecule has 0 saturated carbocycles. The molecule has 2 rings (SSSR count). The molecule has 0 radical (unpaired) electrons. The van der Waals surface area contributed by atoms with Crippen molar-refractivity contribution in [1.82, 2.24) is 0 Å². The second kappa shape index (κ2) is 5.25. The van der Waals surface area contributed by atoms with Crippen LogP contribution in [0.3, 0.4) is 0 Å². The van der Waals surface area contributed by atoms with E-state index in [-0.39, 0.29) is 6.10 Å². The van der Waals surface area contributed by atoms with Gasteiger partial charge in [-0.3, -0.25) is 0 Å². The zero-order valence-corrected chi connectivity index (χ0v) is 10.8. The van der Waals surface area contributed by atoms with E-state index in [0.29, 0.717) is 24.0 Å². The molecular formula is C13H19ClN2O. The van der Waals surface area contributed by atoms with Crippen LogP contribution in [0.4, 0.5) is 5.69 Å². The van der Waals surface area contributed by atoms with Crippen LogP contribution in [0.5, 0.6) is 0 Å². The Bertz CT molecular complexity index is 397. The highest BCUT2D eigenvalue weighted by Crippen LogP contribution is 2.28. The van der Waals surface area contributed by atoms with Crippen molar-refractivity contribution in [3.05, 3.63) is 28.8 Å². The van der Waals surface area contributed by atoms with Gasteiger partial charge in [-0.2, -0.15) is 0 Å². The van der Waals surface area contributed by atoms with Crippen molar-refractivity contribution in [3.8, 4) is 0 Å². The molecule has 0 aromatic heterocycles. The fraction of sp³-hybridized carbons (Fsp3) is 0.538. The molecule has 17 heavy (non-hydrogen) atoms. The lowest BCUT2D eigenvalue weighted by atomic mass is 9.95. The van der Waals surface area contributed by atoms with Crippen molar-refractivity contribution >= 4 is 17.3 Å². The van der Waals surface area contributed by atoms with E-state index in [0.717, 1.165) is 24.2 Å². The van der Waals surface area contributed by atoms with Crippen LogP contribution in [0.15, 0.2) is 18.2 Å². The average molecular weight is 255 g/mol. The zero-order valence-electron chi connectivity index (χ0n) is 10.1. The fourth-order valence-corrected chi connectivity index (χ4v) is 2.44. The number of aliphatic hydroxyl groups excluding tert-OH is 1. The third kappa shape index (κ3) is 2.73. The fourth-order valence-electron chi connectivity index (χ4n) is 2.27. The molecule has 3 nitrogen and oxygen atoms in total. The van der Waals surface area contributed by atoms with E-state index >= 15 is 0 Å². The standard InChI is InChI=1S/C13H19ClN2O/c1-9-4-5-16(8-13(9)17)12-6-11(14)3-2-10(12)7-15/h2-3,6,9,13,17H,4-5,7-8,15H2,1H3. The lowest BCUT2D eigenvalue weighted by molar-refractivity contribution is 0.103. The molecule has 1 heterocycles. The molecule has 1 aliphatic rings. The number of hydrogen-bond acceptors (Lipinski definition) is 3. The lowest BCUT2D eigenvalue weighted by Crippen LogP contribution is -2.43. The second-order valence-electron chi connectivity index (χ2n) is 4.76. The van der Waals surface area contributed by atoms with Gasteiger partial charge in [-0.1, -0.05) is 24.6 Å². The largest absolute Gasteiger partial charge is 0.391 e. The molecule has 2 atom stereocenters. The molecule has 0 spiro atoms. The molecule has 1 aromatic carbocycles. The van der Waals surface area contributed by atoms with E-state index in [1.54, 1.807) is 0 Å². The lowest BCUT2D eigenvalue weighted by Gasteiger charge is -2.36. The summed E-state index contributed by atoms with van der Waals surface area (Å²) in [4.78, 5) is 2.18. The Labute approximate surface area is 107 Å². The number of halogens is 1. The van der Waals surface area contributed by atoms with E-state index in [1.165, 1.54) is 0 Å². The van der Waals surface area contributed by atoms with Crippen LogP contribution < -0.4 is 10.6 Å². The van der Waals surface area contributed by atoms with Crippen LogP contribution in [0.25, 0.3) is 0 Å². The quantitative estimate of drug-likeness (QED) is 0.849. The van der Waals surface area contributed by atoms with Crippen LogP contribution >= 0.6 is 11.6 Å². The van der Waals surface area contributed by atoms with Gasteiger partial charge in [0.1, 0.15) is 0 Å². The van der Waals surface area contributed by atoms with Gasteiger partial charge < -0.3 is 15.7 Å². The smallest absolute Gasteiger partial charge is 0.0741 e. The highest BCUT2D eigenvalue weighted by molar-refractivity contribution is 6.30. The van der Waals surface area contributed by atoms with E-state index in [1.807, 2.05) is 18.2 Å². The van der Waals surface area contributed by atoms with Crippen LogP contribution in [0.1, 0.15) is 18.9 Å². The van der Waals surface area contributed by atoms with Crippen molar-refractivity contribution in [3.63, 3.8) is 0 Å². The van der Waals surface area contributed by atoms with Gasteiger partial charge in [0.25, 0.3) is 0 Å². The summed E-state index contributed by atoms with van der Waals surface area (Å²) in [6, 6.07) is 5.75. The first-order valence-corrected chi connectivity index (χ1v) is 6.41. The number of benzene rings is 1. The topological polar surface area (TPSA) is 49.5 Å². The van der Waals surface area contributed by atoms with E-state index < -0.39 is 0 Å². The maximum Gasteiger partial charge on any atom is 0.0741 e. The first kappa shape index (κ1) is 12.7. The van der Waals surface area contributed by atoms with E-state index in [4.69, 9.17) is 17.3 Å². The van der Waals surface area contributed by atoms with E-state index in [9.17, 15) is 5.11 Å². The molecule has 1 aliphatic heterocycles. The maximum atomic E-state index is 9.94. The number of piperidine rings is 1. The van der Waals surface area contributed by atoms with Crippen LogP contribution in [0, 0.1) is 5.92 Å². The predicted molar refractivity (Wildman–Crippen MR) is 71.3 cm³/mol. The molecule has 1 aromatic rings. The van der Waals surface area contributed by atoms with Crippen molar-refractivity contribution in [2.75, 3.05) is 18.0 Å². The Kier molecular flexibility index (Phi) is 3.92. The summed E-state index contributed by atoms with van der Waals surface area (Å²) in [7, 11) is 0. The number of β-amino-alcohol motifs (C(OH)–C–C–N with tert-alkyl or cyclic N) is 1. The Balaban J connectivity index is 2.24.